The lowest BCUT2D eigenvalue weighted by Crippen LogP contribution is -2.03. The van der Waals surface area contributed by atoms with Crippen LogP contribution in [0.3, 0.4) is 0 Å². The summed E-state index contributed by atoms with van der Waals surface area (Å²) in [6.07, 6.45) is 4.20. The number of nitrogens with two attached hydrogens (primary N) is 1. The monoisotopic (exact) mass is 249 g/mol. The summed E-state index contributed by atoms with van der Waals surface area (Å²) < 4.78 is 20.8. The molecule has 2 N–H and O–H groups in total. The fourth-order valence-electron chi connectivity index (χ4n) is 1.69. The molecule has 1 aromatic heterocycles. The molecule has 0 spiro atoms. The smallest absolute Gasteiger partial charge is 0.165 e. The Morgan fingerprint density at radius 2 is 2.22 bits per heavy atom. The van der Waals surface area contributed by atoms with Crippen LogP contribution in [0.2, 0.25) is 0 Å². The molecule has 2 aromatic rings. The van der Waals surface area contributed by atoms with Crippen LogP contribution in [-0.4, -0.2) is 16.3 Å². The van der Waals surface area contributed by atoms with Gasteiger partial charge in [-0.15, -0.1) is 0 Å². The normalized spacial score (nSPS) is 10.6. The van der Waals surface area contributed by atoms with E-state index in [1.165, 1.54) is 6.07 Å². The topological polar surface area (TPSA) is 53.1 Å². The van der Waals surface area contributed by atoms with Crippen molar-refractivity contribution in [2.24, 2.45) is 12.8 Å². The minimum absolute atomic E-state index is 0.250. The van der Waals surface area contributed by atoms with E-state index in [0.717, 1.165) is 11.1 Å². The Bertz CT molecular complexity index is 525. The van der Waals surface area contributed by atoms with Crippen molar-refractivity contribution in [1.29, 1.82) is 0 Å². The first-order chi connectivity index (χ1) is 8.69. The second-order valence-corrected chi connectivity index (χ2v) is 4.11. The van der Waals surface area contributed by atoms with Crippen LogP contribution in [0.15, 0.2) is 30.6 Å². The zero-order valence-electron chi connectivity index (χ0n) is 10.3. The fourth-order valence-corrected chi connectivity index (χ4v) is 1.69. The summed E-state index contributed by atoms with van der Waals surface area (Å²) in [5.74, 6) is -0.107. The largest absolute Gasteiger partial charge is 0.486 e. The highest BCUT2D eigenvalue weighted by Gasteiger charge is 2.05. The molecule has 1 aromatic carbocycles. The third-order valence-corrected chi connectivity index (χ3v) is 2.58. The molecular weight excluding hydrogens is 233 g/mol. The Kier molecular flexibility index (Phi) is 3.94. The lowest BCUT2D eigenvalue weighted by atomic mass is 10.1. The van der Waals surface area contributed by atoms with E-state index in [1.807, 2.05) is 19.3 Å². The molecule has 0 aliphatic heterocycles. The predicted molar refractivity (Wildman–Crippen MR) is 66.7 cm³/mol. The summed E-state index contributed by atoms with van der Waals surface area (Å²) in [7, 11) is 1.83. The van der Waals surface area contributed by atoms with E-state index >= 15 is 0 Å². The molecule has 0 unspecified atom stereocenters. The molecule has 0 amide bonds. The number of benzene rings is 1. The van der Waals surface area contributed by atoms with E-state index in [-0.39, 0.29) is 11.6 Å². The summed E-state index contributed by atoms with van der Waals surface area (Å²) in [6, 6.07) is 4.93. The SMILES string of the molecule is Cn1cc(COc2ccc(CCN)cc2F)cn1. The molecular formula is C13H16FN3O. The van der Waals surface area contributed by atoms with Crippen molar-refractivity contribution in [2.75, 3.05) is 6.54 Å². The Morgan fingerprint density at radius 1 is 1.39 bits per heavy atom. The van der Waals surface area contributed by atoms with Gasteiger partial charge in [0.2, 0.25) is 0 Å². The summed E-state index contributed by atoms with van der Waals surface area (Å²) in [4.78, 5) is 0. The molecule has 96 valence electrons. The highest BCUT2D eigenvalue weighted by molar-refractivity contribution is 5.29. The molecule has 1 heterocycles. The van der Waals surface area contributed by atoms with Crippen LogP contribution in [0.25, 0.3) is 0 Å². The second-order valence-electron chi connectivity index (χ2n) is 4.11. The Hall–Kier alpha value is -1.88. The van der Waals surface area contributed by atoms with Crippen LogP contribution in [0, 0.1) is 5.82 Å². The van der Waals surface area contributed by atoms with E-state index < -0.39 is 0 Å². The molecule has 0 saturated heterocycles. The van der Waals surface area contributed by atoms with Crippen molar-refractivity contribution < 1.29 is 9.13 Å². The number of hydrogen-bond acceptors (Lipinski definition) is 3. The van der Waals surface area contributed by atoms with E-state index in [1.54, 1.807) is 16.9 Å². The average molecular weight is 249 g/mol. The molecule has 0 fully saturated rings. The molecule has 4 nitrogen and oxygen atoms in total. The predicted octanol–water partition coefficient (Wildman–Crippen LogP) is 1.64. The van der Waals surface area contributed by atoms with Gasteiger partial charge in [-0.3, -0.25) is 4.68 Å². The first kappa shape index (κ1) is 12.6. The highest BCUT2D eigenvalue weighted by Crippen LogP contribution is 2.19. The Labute approximate surface area is 105 Å². The molecule has 0 bridgehead atoms. The number of nitrogens with zero attached hydrogens (tertiary/aromatic N) is 2. The number of aromatic nitrogens is 2. The van der Waals surface area contributed by atoms with E-state index in [0.29, 0.717) is 19.6 Å². The van der Waals surface area contributed by atoms with Crippen molar-refractivity contribution >= 4 is 0 Å². The maximum Gasteiger partial charge on any atom is 0.165 e. The fraction of sp³-hybridized carbons (Fsp3) is 0.308. The van der Waals surface area contributed by atoms with Gasteiger partial charge in [-0.25, -0.2) is 4.39 Å². The molecule has 18 heavy (non-hydrogen) atoms. The van der Waals surface area contributed by atoms with E-state index in [4.69, 9.17) is 10.5 Å². The summed E-state index contributed by atoms with van der Waals surface area (Å²) in [5.41, 5.74) is 7.21. The van der Waals surface area contributed by atoms with E-state index in [2.05, 4.69) is 5.10 Å². The molecule has 0 radical (unpaired) electrons. The number of rotatable bonds is 5. The molecule has 5 heteroatoms. The van der Waals surface area contributed by atoms with Gasteiger partial charge in [0.1, 0.15) is 6.61 Å². The zero-order valence-corrected chi connectivity index (χ0v) is 10.3. The minimum Gasteiger partial charge on any atom is -0.486 e. The maximum absolute atomic E-state index is 13.7. The van der Waals surface area contributed by atoms with Gasteiger partial charge in [-0.2, -0.15) is 5.10 Å². The lowest BCUT2D eigenvalue weighted by Gasteiger charge is -2.07. The zero-order chi connectivity index (χ0) is 13.0. The standard InChI is InChI=1S/C13H16FN3O/c1-17-8-11(7-16-17)9-18-13-3-2-10(4-5-15)6-12(13)14/h2-3,6-8H,4-5,9,15H2,1H3. The van der Waals surface area contributed by atoms with Gasteiger partial charge < -0.3 is 10.5 Å². The van der Waals surface area contributed by atoms with Crippen LogP contribution in [0.1, 0.15) is 11.1 Å². The van der Waals surface area contributed by atoms with E-state index in [9.17, 15) is 4.39 Å². The third-order valence-electron chi connectivity index (χ3n) is 2.58. The Morgan fingerprint density at radius 3 is 2.83 bits per heavy atom. The Balaban J connectivity index is 2.01. The quantitative estimate of drug-likeness (QED) is 0.876. The number of hydrogen-bond donors (Lipinski definition) is 1. The van der Waals surface area contributed by atoms with Crippen molar-refractivity contribution in [3.63, 3.8) is 0 Å². The summed E-state index contributed by atoms with van der Waals surface area (Å²) >= 11 is 0. The van der Waals surface area contributed by atoms with Crippen LogP contribution < -0.4 is 10.5 Å². The summed E-state index contributed by atoms with van der Waals surface area (Å²) in [5, 5.41) is 4.02. The van der Waals surface area contributed by atoms with Crippen molar-refractivity contribution in [1.82, 2.24) is 9.78 Å². The first-order valence-electron chi connectivity index (χ1n) is 5.78. The van der Waals surface area contributed by atoms with Gasteiger partial charge in [0.05, 0.1) is 6.20 Å². The van der Waals surface area contributed by atoms with Crippen molar-refractivity contribution in [3.8, 4) is 5.75 Å². The van der Waals surface area contributed by atoms with Crippen molar-refractivity contribution in [3.05, 3.63) is 47.5 Å². The second kappa shape index (κ2) is 5.64. The van der Waals surface area contributed by atoms with Crippen LogP contribution >= 0.6 is 0 Å². The number of ether oxygens (including phenoxy) is 1. The van der Waals surface area contributed by atoms with Gasteiger partial charge in [-0.1, -0.05) is 6.07 Å². The summed E-state index contributed by atoms with van der Waals surface area (Å²) in [6.45, 7) is 0.816. The van der Waals surface area contributed by atoms with Gasteiger partial charge >= 0.3 is 0 Å². The van der Waals surface area contributed by atoms with Gasteiger partial charge in [-0.05, 0) is 30.7 Å². The van der Waals surface area contributed by atoms with Crippen molar-refractivity contribution in [2.45, 2.75) is 13.0 Å². The average Bonchev–Trinajstić information content (AvgIpc) is 2.74. The van der Waals surface area contributed by atoms with Gasteiger partial charge in [0, 0.05) is 18.8 Å². The number of halogens is 1. The maximum atomic E-state index is 13.7. The molecule has 0 aliphatic rings. The lowest BCUT2D eigenvalue weighted by molar-refractivity contribution is 0.290. The molecule has 0 aliphatic carbocycles. The van der Waals surface area contributed by atoms with Gasteiger partial charge in [0.15, 0.2) is 11.6 Å². The van der Waals surface area contributed by atoms with Crippen LogP contribution in [0.4, 0.5) is 4.39 Å². The van der Waals surface area contributed by atoms with Gasteiger partial charge in [0.25, 0.3) is 0 Å². The molecule has 2 rings (SSSR count). The third kappa shape index (κ3) is 3.07. The molecule has 0 atom stereocenters. The number of aryl methyl sites for hydroxylation is 1. The minimum atomic E-state index is -0.357. The highest BCUT2D eigenvalue weighted by atomic mass is 19.1. The van der Waals surface area contributed by atoms with Crippen LogP contribution in [-0.2, 0) is 20.1 Å². The molecule has 0 saturated carbocycles. The van der Waals surface area contributed by atoms with Crippen LogP contribution in [0.5, 0.6) is 5.75 Å². The first-order valence-corrected chi connectivity index (χ1v) is 5.78.